The van der Waals surface area contributed by atoms with Gasteiger partial charge in [0, 0.05) is 51.5 Å². The van der Waals surface area contributed by atoms with Gasteiger partial charge in [0.1, 0.15) is 17.5 Å². The van der Waals surface area contributed by atoms with Crippen LogP contribution >= 0.6 is 0 Å². The highest BCUT2D eigenvalue weighted by molar-refractivity contribution is 5.67. The summed E-state index contributed by atoms with van der Waals surface area (Å²) in [6.07, 6.45) is 4.91. The molecule has 1 saturated heterocycles. The van der Waals surface area contributed by atoms with Crippen LogP contribution < -0.4 is 18.9 Å². The van der Waals surface area contributed by atoms with Gasteiger partial charge in [-0.05, 0) is 40.2 Å². The molecule has 0 aliphatic carbocycles. The summed E-state index contributed by atoms with van der Waals surface area (Å²) in [6.45, 7) is 5.97. The zero-order valence-corrected chi connectivity index (χ0v) is 25.5. The number of nitrogens with zero attached hydrogens (tertiary/aromatic N) is 3. The topological polar surface area (TPSA) is 108 Å². The van der Waals surface area contributed by atoms with E-state index in [-0.39, 0.29) is 35.7 Å². The number of ether oxygens (including phenoxy) is 4. The number of phenols is 2. The predicted octanol–water partition coefficient (Wildman–Crippen LogP) is 5.10. The van der Waals surface area contributed by atoms with Gasteiger partial charge >= 0.3 is 0 Å². The van der Waals surface area contributed by atoms with Gasteiger partial charge in [-0.2, -0.15) is 5.26 Å². The quantitative estimate of drug-likeness (QED) is 0.423. The molecule has 2 N–H and O–H groups in total. The van der Waals surface area contributed by atoms with Crippen molar-refractivity contribution in [2.45, 2.75) is 89.5 Å². The van der Waals surface area contributed by atoms with Gasteiger partial charge in [-0.3, -0.25) is 9.80 Å². The van der Waals surface area contributed by atoms with Crippen LogP contribution in [0.3, 0.4) is 0 Å². The molecule has 5 rings (SSSR count). The molecule has 1 fully saturated rings. The lowest BCUT2D eigenvalue weighted by Gasteiger charge is -2.60. The van der Waals surface area contributed by atoms with Crippen LogP contribution in [0.1, 0.15) is 78.1 Å². The van der Waals surface area contributed by atoms with Gasteiger partial charge in [0.25, 0.3) is 0 Å². The molecule has 0 saturated carbocycles. The van der Waals surface area contributed by atoms with Crippen LogP contribution in [0.4, 0.5) is 0 Å². The van der Waals surface area contributed by atoms with Gasteiger partial charge in [-0.1, -0.05) is 26.2 Å². The second-order valence-electron chi connectivity index (χ2n) is 11.6. The van der Waals surface area contributed by atoms with Crippen LogP contribution in [-0.4, -0.2) is 73.6 Å². The molecule has 222 valence electrons. The Morgan fingerprint density at radius 2 is 1.32 bits per heavy atom. The SMILES string of the molecule is CCCCCC1c2c(O)c(OC)c(C)c(OC)c2C[C@H]2[C@H]3c4c(O)c(OC)c(C)c(OC)c4C[C@@H]([C@H](C#N)N12)N3C. The molecule has 9 heteroatoms. The summed E-state index contributed by atoms with van der Waals surface area (Å²) in [5.74, 6) is 2.48. The molecule has 2 aromatic carbocycles. The number of nitriles is 1. The van der Waals surface area contributed by atoms with Gasteiger partial charge < -0.3 is 29.2 Å². The summed E-state index contributed by atoms with van der Waals surface area (Å²) in [6, 6.07) is 1.44. The molecule has 5 atom stereocenters. The predicted molar refractivity (Wildman–Crippen MR) is 156 cm³/mol. The largest absolute Gasteiger partial charge is 0.504 e. The van der Waals surface area contributed by atoms with E-state index in [1.807, 2.05) is 20.9 Å². The first-order chi connectivity index (χ1) is 19.7. The van der Waals surface area contributed by atoms with E-state index in [0.717, 1.165) is 59.1 Å². The smallest absolute Gasteiger partial charge is 0.167 e. The highest BCUT2D eigenvalue weighted by Crippen LogP contribution is 2.59. The van der Waals surface area contributed by atoms with Gasteiger partial charge in [0.2, 0.25) is 0 Å². The van der Waals surface area contributed by atoms with Crippen molar-refractivity contribution < 1.29 is 29.2 Å². The Morgan fingerprint density at radius 1 is 0.805 bits per heavy atom. The van der Waals surface area contributed by atoms with Gasteiger partial charge in [0.05, 0.1) is 40.6 Å². The molecule has 3 heterocycles. The zero-order chi connectivity index (χ0) is 29.7. The normalized spacial score (nSPS) is 25.0. The fourth-order valence-corrected chi connectivity index (χ4v) is 8.09. The van der Waals surface area contributed by atoms with E-state index in [4.69, 9.17) is 18.9 Å². The second-order valence-corrected chi connectivity index (χ2v) is 11.6. The average Bonchev–Trinajstić information content (AvgIpc) is 2.94. The van der Waals surface area contributed by atoms with Crippen LogP contribution in [-0.2, 0) is 12.8 Å². The summed E-state index contributed by atoms with van der Waals surface area (Å²) < 4.78 is 23.3. The van der Waals surface area contributed by atoms with Crippen LogP contribution in [0.5, 0.6) is 34.5 Å². The lowest BCUT2D eigenvalue weighted by Crippen LogP contribution is -2.68. The molecule has 0 radical (unpaired) electrons. The third-order valence-corrected chi connectivity index (χ3v) is 9.74. The lowest BCUT2D eigenvalue weighted by atomic mass is 9.71. The third kappa shape index (κ3) is 4.10. The molecule has 2 aromatic rings. The van der Waals surface area contributed by atoms with Crippen molar-refractivity contribution in [3.63, 3.8) is 0 Å². The minimum absolute atomic E-state index is 0.125. The molecule has 41 heavy (non-hydrogen) atoms. The van der Waals surface area contributed by atoms with Crippen molar-refractivity contribution >= 4 is 0 Å². The number of likely N-dealkylation sites (N-methyl/N-ethyl adjacent to an activating group) is 1. The number of fused-ring (bicyclic) bond motifs is 7. The van der Waals surface area contributed by atoms with Gasteiger partial charge in [-0.15, -0.1) is 0 Å². The maximum atomic E-state index is 11.7. The van der Waals surface area contributed by atoms with Crippen molar-refractivity contribution in [2.75, 3.05) is 35.5 Å². The lowest BCUT2D eigenvalue weighted by molar-refractivity contribution is -0.0752. The van der Waals surface area contributed by atoms with Crippen molar-refractivity contribution in [1.82, 2.24) is 9.80 Å². The van der Waals surface area contributed by atoms with Crippen molar-refractivity contribution in [2.24, 2.45) is 0 Å². The van der Waals surface area contributed by atoms with E-state index in [1.165, 1.54) is 0 Å². The van der Waals surface area contributed by atoms with E-state index in [1.54, 1.807) is 28.4 Å². The van der Waals surface area contributed by atoms with Crippen LogP contribution in [0, 0.1) is 25.2 Å². The third-order valence-electron chi connectivity index (χ3n) is 9.74. The minimum atomic E-state index is -0.443. The minimum Gasteiger partial charge on any atom is -0.504 e. The van der Waals surface area contributed by atoms with Gasteiger partial charge in [-0.25, -0.2) is 0 Å². The van der Waals surface area contributed by atoms with Gasteiger partial charge in [0.15, 0.2) is 23.0 Å². The molecule has 2 bridgehead atoms. The standard InChI is InChI=1S/C32H43N3O6/c1-9-10-11-12-20-24-18(29(38-5)16(2)31(40-7)27(24)36)14-22-26-25-19(13-21(34(26)4)23(15-33)35(20)22)30(39-6)17(3)32(41-8)28(25)37/h20-23,26,36-37H,9-14H2,1-8H3/t20?,21-,22-,23-,26-/m0/s1. The first-order valence-corrected chi connectivity index (χ1v) is 14.5. The number of unbranched alkanes of at least 4 members (excludes halogenated alkanes) is 2. The van der Waals surface area contributed by atoms with E-state index >= 15 is 0 Å². The Labute approximate surface area is 243 Å². The molecule has 1 unspecified atom stereocenters. The molecule has 0 aromatic heterocycles. The molecule has 0 amide bonds. The Hall–Kier alpha value is -3.35. The average molecular weight is 566 g/mol. The molecule has 3 aliphatic heterocycles. The maximum Gasteiger partial charge on any atom is 0.167 e. The number of methoxy groups -OCH3 is 4. The molecular weight excluding hydrogens is 522 g/mol. The Morgan fingerprint density at radius 3 is 1.83 bits per heavy atom. The number of hydrogen-bond acceptors (Lipinski definition) is 9. The van der Waals surface area contributed by atoms with Crippen molar-refractivity contribution in [1.29, 1.82) is 5.26 Å². The molecule has 0 spiro atoms. The van der Waals surface area contributed by atoms with Crippen LogP contribution in [0.25, 0.3) is 0 Å². The van der Waals surface area contributed by atoms with Crippen molar-refractivity contribution in [3.8, 4) is 40.6 Å². The fourth-order valence-electron chi connectivity index (χ4n) is 8.09. The number of hydrogen-bond donors (Lipinski definition) is 2. The maximum absolute atomic E-state index is 11.7. The molecule has 3 aliphatic rings. The van der Waals surface area contributed by atoms with E-state index < -0.39 is 6.04 Å². The number of piperazine rings is 1. The summed E-state index contributed by atoms with van der Waals surface area (Å²) in [5.41, 5.74) is 4.95. The number of benzene rings is 2. The monoisotopic (exact) mass is 565 g/mol. The summed E-state index contributed by atoms with van der Waals surface area (Å²) in [4.78, 5) is 4.57. The first kappa shape index (κ1) is 29.2. The number of rotatable bonds is 8. The van der Waals surface area contributed by atoms with Crippen LogP contribution in [0.15, 0.2) is 0 Å². The first-order valence-electron chi connectivity index (χ1n) is 14.5. The summed E-state index contributed by atoms with van der Waals surface area (Å²) in [5, 5.41) is 34.1. The highest BCUT2D eigenvalue weighted by atomic mass is 16.5. The summed E-state index contributed by atoms with van der Waals surface area (Å²) >= 11 is 0. The molecular formula is C32H43N3O6. The van der Waals surface area contributed by atoms with E-state index in [9.17, 15) is 15.5 Å². The van der Waals surface area contributed by atoms with Crippen LogP contribution in [0.2, 0.25) is 0 Å². The number of phenolic OH excluding ortho intramolecular Hbond substituents is 2. The Balaban J connectivity index is 1.81. The second kappa shape index (κ2) is 11.1. The fraction of sp³-hybridized carbons (Fsp3) is 0.594. The van der Waals surface area contributed by atoms with E-state index in [2.05, 4.69) is 22.8 Å². The van der Waals surface area contributed by atoms with E-state index in [0.29, 0.717) is 35.8 Å². The van der Waals surface area contributed by atoms with Crippen molar-refractivity contribution in [3.05, 3.63) is 33.4 Å². The highest BCUT2D eigenvalue weighted by Gasteiger charge is 2.56. The number of aromatic hydroxyl groups is 2. The Kier molecular flexibility index (Phi) is 7.92. The zero-order valence-electron chi connectivity index (χ0n) is 25.5. The summed E-state index contributed by atoms with van der Waals surface area (Å²) in [7, 11) is 8.47. The molecule has 9 nitrogen and oxygen atoms in total. The Bertz CT molecular complexity index is 1390.